The molecule has 2 aliphatic rings. The van der Waals surface area contributed by atoms with Crippen LogP contribution in [0.5, 0.6) is 11.5 Å². The van der Waals surface area contributed by atoms with E-state index in [1.165, 1.54) is 12.8 Å². The molecule has 2 heterocycles. The number of phenolic OH excluding ortho intramolecular Hbond substituents is 1. The predicted octanol–water partition coefficient (Wildman–Crippen LogP) is 5.35. The summed E-state index contributed by atoms with van der Waals surface area (Å²) in [7, 11) is 0. The number of halogens is 1. The van der Waals surface area contributed by atoms with Gasteiger partial charge in [-0.1, -0.05) is 36.6 Å². The maximum absolute atomic E-state index is 13.0. The minimum atomic E-state index is -0.139. The molecule has 28 heavy (non-hydrogen) atoms. The molecule has 5 heteroatoms. The van der Waals surface area contributed by atoms with Gasteiger partial charge in [0.1, 0.15) is 11.5 Å². The van der Waals surface area contributed by atoms with E-state index in [1.54, 1.807) is 24.3 Å². The Morgan fingerprint density at radius 1 is 1.14 bits per heavy atom. The zero-order chi connectivity index (χ0) is 19.7. The van der Waals surface area contributed by atoms with E-state index < -0.39 is 0 Å². The van der Waals surface area contributed by atoms with Crippen molar-refractivity contribution in [1.29, 1.82) is 0 Å². The van der Waals surface area contributed by atoms with Gasteiger partial charge in [-0.25, -0.2) is 0 Å². The average molecular weight is 398 g/mol. The quantitative estimate of drug-likeness (QED) is 0.709. The van der Waals surface area contributed by atoms with E-state index >= 15 is 0 Å². The van der Waals surface area contributed by atoms with E-state index in [2.05, 4.69) is 4.90 Å². The number of ether oxygens (including phenoxy) is 1. The lowest BCUT2D eigenvalue weighted by Crippen LogP contribution is -2.24. The lowest BCUT2D eigenvalue weighted by atomic mass is 9.99. The van der Waals surface area contributed by atoms with Gasteiger partial charge in [0.2, 0.25) is 5.78 Å². The minimum Gasteiger partial charge on any atom is -0.507 e. The summed E-state index contributed by atoms with van der Waals surface area (Å²) in [6.45, 7) is 4.43. The Kier molecular flexibility index (Phi) is 5.42. The number of fused-ring (bicyclic) bond motifs is 1. The molecule has 1 saturated heterocycles. The first-order valence-corrected chi connectivity index (χ1v) is 10.2. The Bertz CT molecular complexity index is 926. The van der Waals surface area contributed by atoms with Gasteiger partial charge in [-0.15, -0.1) is 0 Å². The second kappa shape index (κ2) is 7.98. The third kappa shape index (κ3) is 3.80. The highest BCUT2D eigenvalue weighted by Crippen LogP contribution is 2.42. The summed E-state index contributed by atoms with van der Waals surface area (Å²) in [5.74, 6) is 0.843. The molecule has 0 radical (unpaired) electrons. The molecule has 0 aromatic heterocycles. The Morgan fingerprint density at radius 3 is 2.50 bits per heavy atom. The summed E-state index contributed by atoms with van der Waals surface area (Å²) in [6, 6.07) is 8.93. The van der Waals surface area contributed by atoms with Crippen molar-refractivity contribution in [3.63, 3.8) is 0 Å². The van der Waals surface area contributed by atoms with Crippen LogP contribution in [-0.4, -0.2) is 28.9 Å². The Balaban J connectivity index is 1.68. The average Bonchev–Trinajstić information content (AvgIpc) is 2.84. The molecule has 4 rings (SSSR count). The Labute approximate surface area is 170 Å². The van der Waals surface area contributed by atoms with Crippen LogP contribution in [0.3, 0.4) is 0 Å². The molecule has 1 fully saturated rings. The molecule has 146 valence electrons. The predicted molar refractivity (Wildman–Crippen MR) is 111 cm³/mol. The van der Waals surface area contributed by atoms with Gasteiger partial charge in [-0.3, -0.25) is 9.69 Å². The summed E-state index contributed by atoms with van der Waals surface area (Å²) < 4.78 is 6.01. The number of carbonyl (C=O) groups is 1. The van der Waals surface area contributed by atoms with Crippen molar-refractivity contribution < 1.29 is 14.6 Å². The van der Waals surface area contributed by atoms with Crippen molar-refractivity contribution in [2.75, 3.05) is 13.1 Å². The summed E-state index contributed by atoms with van der Waals surface area (Å²) in [6.07, 6.45) is 6.55. The maximum atomic E-state index is 13.0. The van der Waals surface area contributed by atoms with Gasteiger partial charge in [-0.2, -0.15) is 0 Å². The molecule has 0 unspecified atom stereocenters. The largest absolute Gasteiger partial charge is 0.507 e. The molecule has 1 N–H and O–H groups in total. The number of aryl methyl sites for hydroxylation is 1. The summed E-state index contributed by atoms with van der Waals surface area (Å²) in [4.78, 5) is 15.3. The first-order valence-electron chi connectivity index (χ1n) is 9.80. The van der Waals surface area contributed by atoms with Crippen molar-refractivity contribution in [3.8, 4) is 11.5 Å². The number of Topliss-reactive ketones (excluding diaryl/α,β-unsaturated/α-hetero) is 1. The molecule has 4 nitrogen and oxygen atoms in total. The minimum absolute atomic E-state index is 0.139. The van der Waals surface area contributed by atoms with Crippen LogP contribution in [0, 0.1) is 6.92 Å². The molecule has 0 atom stereocenters. The SMILES string of the molecule is Cc1cc(O)c(CN2CCCCCC2)c2c1C(=O)/C(=C/c1ccc(Cl)cc1)O2. The number of likely N-dealkylation sites (tertiary alicyclic amines) is 1. The molecule has 2 aromatic rings. The van der Waals surface area contributed by atoms with Crippen LogP contribution in [0.2, 0.25) is 5.02 Å². The highest BCUT2D eigenvalue weighted by molar-refractivity contribution is 6.30. The zero-order valence-corrected chi connectivity index (χ0v) is 16.8. The van der Waals surface area contributed by atoms with E-state index in [9.17, 15) is 9.90 Å². The Morgan fingerprint density at radius 2 is 1.82 bits per heavy atom. The first kappa shape index (κ1) is 19.0. The lowest BCUT2D eigenvalue weighted by molar-refractivity contribution is 0.101. The molecule has 0 spiro atoms. The fourth-order valence-electron chi connectivity index (χ4n) is 3.96. The first-order chi connectivity index (χ1) is 13.5. The molecule has 2 aromatic carbocycles. The fourth-order valence-corrected chi connectivity index (χ4v) is 4.09. The van der Waals surface area contributed by atoms with E-state index in [0.29, 0.717) is 28.4 Å². The molecule has 2 aliphatic heterocycles. The molecule has 0 amide bonds. The van der Waals surface area contributed by atoms with Crippen molar-refractivity contribution in [2.45, 2.75) is 39.2 Å². The molecule has 0 saturated carbocycles. The van der Waals surface area contributed by atoms with Gasteiger partial charge in [0.25, 0.3) is 0 Å². The van der Waals surface area contributed by atoms with Gasteiger partial charge in [0, 0.05) is 11.6 Å². The number of allylic oxidation sites excluding steroid dienone is 1. The third-order valence-electron chi connectivity index (χ3n) is 5.47. The number of phenols is 1. The van der Waals surface area contributed by atoms with Crippen LogP contribution in [0.1, 0.15) is 52.7 Å². The molecule has 0 bridgehead atoms. The van der Waals surface area contributed by atoms with Crippen molar-refractivity contribution in [3.05, 3.63) is 63.4 Å². The van der Waals surface area contributed by atoms with Crippen LogP contribution in [0.4, 0.5) is 0 Å². The number of hydrogen-bond donors (Lipinski definition) is 1. The second-order valence-electron chi connectivity index (χ2n) is 7.58. The van der Waals surface area contributed by atoms with E-state index in [4.69, 9.17) is 16.3 Å². The molecule has 0 aliphatic carbocycles. The standard InChI is InChI=1S/C23H24ClNO3/c1-15-12-19(26)18(14-25-10-4-2-3-5-11-25)23-21(15)22(27)20(28-23)13-16-6-8-17(24)9-7-16/h6-9,12-13,26H,2-5,10-11,14H2,1H3/b20-13-. The van der Waals surface area contributed by atoms with E-state index in [0.717, 1.165) is 37.1 Å². The van der Waals surface area contributed by atoms with Crippen LogP contribution in [0.25, 0.3) is 6.08 Å². The normalized spacial score (nSPS) is 18.8. The second-order valence-corrected chi connectivity index (χ2v) is 8.01. The topological polar surface area (TPSA) is 49.8 Å². The van der Waals surface area contributed by atoms with Gasteiger partial charge in [0.15, 0.2) is 5.76 Å². The van der Waals surface area contributed by atoms with E-state index in [1.807, 2.05) is 19.1 Å². The van der Waals surface area contributed by atoms with Gasteiger partial charge < -0.3 is 9.84 Å². The maximum Gasteiger partial charge on any atom is 0.232 e. The summed E-state index contributed by atoms with van der Waals surface area (Å²) >= 11 is 5.94. The summed E-state index contributed by atoms with van der Waals surface area (Å²) in [5.41, 5.74) is 2.84. The Hall–Kier alpha value is -2.30. The highest BCUT2D eigenvalue weighted by atomic mass is 35.5. The third-order valence-corrected chi connectivity index (χ3v) is 5.72. The number of aromatic hydroxyl groups is 1. The molecular weight excluding hydrogens is 374 g/mol. The monoisotopic (exact) mass is 397 g/mol. The lowest BCUT2D eigenvalue weighted by Gasteiger charge is -2.21. The van der Waals surface area contributed by atoms with Crippen molar-refractivity contribution in [1.82, 2.24) is 4.90 Å². The van der Waals surface area contributed by atoms with Gasteiger partial charge >= 0.3 is 0 Å². The fraction of sp³-hybridized carbons (Fsp3) is 0.348. The number of ketones is 1. The zero-order valence-electron chi connectivity index (χ0n) is 16.0. The number of nitrogens with zero attached hydrogens (tertiary/aromatic N) is 1. The number of hydrogen-bond acceptors (Lipinski definition) is 4. The van der Waals surface area contributed by atoms with Crippen molar-refractivity contribution in [2.24, 2.45) is 0 Å². The van der Waals surface area contributed by atoms with Crippen molar-refractivity contribution >= 4 is 23.5 Å². The number of benzene rings is 2. The highest BCUT2D eigenvalue weighted by Gasteiger charge is 2.33. The smallest absolute Gasteiger partial charge is 0.232 e. The van der Waals surface area contributed by atoms with Crippen LogP contribution in [-0.2, 0) is 6.54 Å². The van der Waals surface area contributed by atoms with Crippen LogP contribution in [0.15, 0.2) is 36.1 Å². The number of carbonyl (C=O) groups excluding carboxylic acids is 1. The van der Waals surface area contributed by atoms with Crippen LogP contribution >= 0.6 is 11.6 Å². The summed E-state index contributed by atoms with van der Waals surface area (Å²) in [5, 5.41) is 11.2. The molecular formula is C23H24ClNO3. The van der Waals surface area contributed by atoms with E-state index in [-0.39, 0.29) is 17.3 Å². The van der Waals surface area contributed by atoms with Crippen LogP contribution < -0.4 is 4.74 Å². The van der Waals surface area contributed by atoms with Gasteiger partial charge in [-0.05, 0) is 68.3 Å². The number of rotatable bonds is 3. The van der Waals surface area contributed by atoms with Gasteiger partial charge in [0.05, 0.1) is 11.1 Å².